The molecule has 3 aromatic rings. The molecular weight excluding hydrogens is 352 g/mol. The van der Waals surface area contributed by atoms with Gasteiger partial charge < -0.3 is 14.2 Å². The topological polar surface area (TPSA) is 99.6 Å². The Bertz CT molecular complexity index is 1100. The monoisotopic (exact) mass is 370 g/mol. The summed E-state index contributed by atoms with van der Waals surface area (Å²) in [6.07, 6.45) is 0. The number of methoxy groups -OCH3 is 2. The van der Waals surface area contributed by atoms with Gasteiger partial charge in [-0.15, -0.1) is 0 Å². The molecule has 1 aromatic heterocycles. The fourth-order valence-electron chi connectivity index (χ4n) is 2.69. The molecule has 2 aromatic carbocycles. The summed E-state index contributed by atoms with van der Waals surface area (Å²) in [5, 5.41) is 2.90. The molecule has 0 saturated heterocycles. The second kappa shape index (κ2) is 7.77. The number of carbonyl (C=O) groups excluding carboxylic acids is 1. The Morgan fingerprint density at radius 3 is 2.48 bits per heavy atom. The molecule has 0 unspecified atom stereocenters. The van der Waals surface area contributed by atoms with E-state index >= 15 is 0 Å². The molecule has 1 N–H and O–H groups in total. The average Bonchev–Trinajstić information content (AvgIpc) is 2.70. The molecule has 0 saturated carbocycles. The second-order valence-corrected chi connectivity index (χ2v) is 5.72. The summed E-state index contributed by atoms with van der Waals surface area (Å²) in [6.45, 7) is -0.475. The normalized spacial score (nSPS) is 10.6. The van der Waals surface area contributed by atoms with E-state index in [1.165, 1.54) is 20.3 Å². The van der Waals surface area contributed by atoms with Crippen LogP contribution >= 0.6 is 0 Å². The Morgan fingerprint density at radius 1 is 1.04 bits per heavy atom. The molecule has 1 heterocycles. The van der Waals surface area contributed by atoms with Crippen LogP contribution in [0.5, 0.6) is 11.5 Å². The number of ether oxygens (including phenoxy) is 3. The fourth-order valence-corrected chi connectivity index (χ4v) is 2.69. The van der Waals surface area contributed by atoms with Crippen LogP contribution in [0, 0.1) is 0 Å². The lowest BCUT2D eigenvalue weighted by molar-refractivity contribution is -0.146. The first-order valence-corrected chi connectivity index (χ1v) is 8.12. The summed E-state index contributed by atoms with van der Waals surface area (Å²) in [4.78, 5) is 36.7. The van der Waals surface area contributed by atoms with E-state index in [4.69, 9.17) is 14.2 Å². The first-order chi connectivity index (χ1) is 13.0. The van der Waals surface area contributed by atoms with Crippen molar-refractivity contribution in [2.24, 2.45) is 0 Å². The maximum Gasteiger partial charge on any atom is 0.328 e. The van der Waals surface area contributed by atoms with E-state index in [2.05, 4.69) is 5.10 Å². The molecule has 0 fully saturated rings. The predicted octanol–water partition coefficient (Wildman–Crippen LogP) is 1.45. The molecule has 0 aliphatic carbocycles. The SMILES string of the molecule is COc1ccc(OC)c(COC(=O)Cn2[nH]c(=O)c3ccccc3c2=O)c1. The molecule has 3 rings (SSSR count). The largest absolute Gasteiger partial charge is 0.497 e. The van der Waals surface area contributed by atoms with Gasteiger partial charge in [-0.3, -0.25) is 19.5 Å². The van der Waals surface area contributed by atoms with E-state index in [9.17, 15) is 14.4 Å². The minimum Gasteiger partial charge on any atom is -0.497 e. The number of aromatic amines is 1. The van der Waals surface area contributed by atoms with Crippen molar-refractivity contribution in [3.05, 3.63) is 68.7 Å². The Morgan fingerprint density at radius 2 is 1.78 bits per heavy atom. The van der Waals surface area contributed by atoms with Gasteiger partial charge >= 0.3 is 5.97 Å². The highest BCUT2D eigenvalue weighted by Crippen LogP contribution is 2.24. The Hall–Kier alpha value is -3.55. The van der Waals surface area contributed by atoms with Gasteiger partial charge in [0.1, 0.15) is 24.7 Å². The summed E-state index contributed by atoms with van der Waals surface area (Å²) < 4.78 is 16.5. The van der Waals surface area contributed by atoms with Gasteiger partial charge in [0.05, 0.1) is 25.0 Å². The summed E-state index contributed by atoms with van der Waals surface area (Å²) in [6, 6.07) is 11.5. The molecule has 0 amide bonds. The molecule has 0 spiro atoms. The van der Waals surface area contributed by atoms with Crippen LogP contribution in [0.4, 0.5) is 0 Å². The van der Waals surface area contributed by atoms with Crippen molar-refractivity contribution in [2.75, 3.05) is 14.2 Å². The zero-order valence-corrected chi connectivity index (χ0v) is 14.9. The molecular formula is C19H18N2O6. The third-order valence-electron chi connectivity index (χ3n) is 4.05. The molecule has 8 nitrogen and oxygen atoms in total. The van der Waals surface area contributed by atoms with E-state index in [1.807, 2.05) is 0 Å². The predicted molar refractivity (Wildman–Crippen MR) is 98.2 cm³/mol. The number of aromatic nitrogens is 2. The average molecular weight is 370 g/mol. The van der Waals surface area contributed by atoms with Crippen LogP contribution < -0.4 is 20.6 Å². The maximum atomic E-state index is 12.4. The molecule has 0 atom stereocenters. The zero-order chi connectivity index (χ0) is 19.4. The number of hydrogen-bond acceptors (Lipinski definition) is 6. The van der Waals surface area contributed by atoms with Gasteiger partial charge in [0.25, 0.3) is 11.1 Å². The number of H-pyrrole nitrogens is 1. The van der Waals surface area contributed by atoms with Crippen LogP contribution in [-0.2, 0) is 22.7 Å². The van der Waals surface area contributed by atoms with Crippen LogP contribution in [0.15, 0.2) is 52.1 Å². The molecule has 140 valence electrons. The van der Waals surface area contributed by atoms with Gasteiger partial charge in [0.2, 0.25) is 0 Å². The number of benzene rings is 2. The summed E-state index contributed by atoms with van der Waals surface area (Å²) in [5.41, 5.74) is -0.307. The minimum atomic E-state index is -0.673. The number of nitrogens with zero attached hydrogens (tertiary/aromatic N) is 1. The number of esters is 1. The number of hydrogen-bond donors (Lipinski definition) is 1. The van der Waals surface area contributed by atoms with Crippen molar-refractivity contribution >= 4 is 16.7 Å². The van der Waals surface area contributed by atoms with E-state index < -0.39 is 23.6 Å². The van der Waals surface area contributed by atoms with Crippen molar-refractivity contribution in [3.63, 3.8) is 0 Å². The number of fused-ring (bicyclic) bond motifs is 1. The van der Waals surface area contributed by atoms with E-state index in [-0.39, 0.29) is 17.4 Å². The van der Waals surface area contributed by atoms with E-state index in [0.717, 1.165) is 4.68 Å². The van der Waals surface area contributed by atoms with Crippen molar-refractivity contribution < 1.29 is 19.0 Å². The Balaban J connectivity index is 1.78. The van der Waals surface area contributed by atoms with Gasteiger partial charge in [-0.25, -0.2) is 4.68 Å². The molecule has 0 radical (unpaired) electrons. The van der Waals surface area contributed by atoms with Gasteiger partial charge in [0.15, 0.2) is 0 Å². The lowest BCUT2D eigenvalue weighted by Crippen LogP contribution is -2.32. The molecule has 27 heavy (non-hydrogen) atoms. The van der Waals surface area contributed by atoms with Gasteiger partial charge in [-0.1, -0.05) is 12.1 Å². The highest BCUT2D eigenvalue weighted by molar-refractivity contribution is 5.80. The Kier molecular flexibility index (Phi) is 5.25. The highest BCUT2D eigenvalue weighted by atomic mass is 16.5. The van der Waals surface area contributed by atoms with E-state index in [0.29, 0.717) is 17.1 Å². The lowest BCUT2D eigenvalue weighted by atomic mass is 10.2. The molecule has 0 aliphatic heterocycles. The zero-order valence-electron chi connectivity index (χ0n) is 14.9. The van der Waals surface area contributed by atoms with Crippen LogP contribution in [0.25, 0.3) is 10.8 Å². The van der Waals surface area contributed by atoms with Gasteiger partial charge in [-0.2, -0.15) is 0 Å². The minimum absolute atomic E-state index is 0.0637. The number of carbonyl (C=O) groups is 1. The van der Waals surface area contributed by atoms with Gasteiger partial charge in [-0.05, 0) is 30.3 Å². The van der Waals surface area contributed by atoms with Crippen molar-refractivity contribution in [1.82, 2.24) is 9.78 Å². The summed E-state index contributed by atoms with van der Waals surface area (Å²) in [7, 11) is 3.03. The van der Waals surface area contributed by atoms with Crippen LogP contribution in [0.3, 0.4) is 0 Å². The Labute approximate surface area is 153 Å². The first kappa shape index (κ1) is 18.2. The number of rotatable bonds is 6. The lowest BCUT2D eigenvalue weighted by Gasteiger charge is -2.11. The third kappa shape index (κ3) is 3.84. The molecule has 0 bridgehead atoms. The smallest absolute Gasteiger partial charge is 0.328 e. The first-order valence-electron chi connectivity index (χ1n) is 8.12. The maximum absolute atomic E-state index is 12.4. The van der Waals surface area contributed by atoms with Crippen molar-refractivity contribution in [3.8, 4) is 11.5 Å². The highest BCUT2D eigenvalue weighted by Gasteiger charge is 2.13. The third-order valence-corrected chi connectivity index (χ3v) is 4.05. The molecule has 8 heteroatoms. The van der Waals surface area contributed by atoms with Crippen LogP contribution in [-0.4, -0.2) is 30.0 Å². The van der Waals surface area contributed by atoms with Crippen molar-refractivity contribution in [1.29, 1.82) is 0 Å². The second-order valence-electron chi connectivity index (χ2n) is 5.72. The summed E-state index contributed by atoms with van der Waals surface area (Å²) in [5.74, 6) is 0.463. The van der Waals surface area contributed by atoms with Crippen molar-refractivity contribution in [2.45, 2.75) is 13.2 Å². The standard InChI is InChI=1S/C19H18N2O6/c1-25-13-7-8-16(26-2)12(9-13)11-27-17(22)10-21-19(24)15-6-4-3-5-14(15)18(23)20-21/h3-9H,10-11H2,1-2H3,(H,20,23). The van der Waals surface area contributed by atoms with Crippen LogP contribution in [0.2, 0.25) is 0 Å². The van der Waals surface area contributed by atoms with Gasteiger partial charge in [0, 0.05) is 5.56 Å². The molecule has 0 aliphatic rings. The summed E-state index contributed by atoms with van der Waals surface area (Å²) >= 11 is 0. The number of nitrogens with one attached hydrogen (secondary N) is 1. The quantitative estimate of drug-likeness (QED) is 0.660. The van der Waals surface area contributed by atoms with Crippen LogP contribution in [0.1, 0.15) is 5.56 Å². The van der Waals surface area contributed by atoms with E-state index in [1.54, 1.807) is 36.4 Å². The fraction of sp³-hybridized carbons (Fsp3) is 0.211.